The number of hydrogen-bond acceptors (Lipinski definition) is 3. The molecule has 1 aliphatic rings. The topological polar surface area (TPSA) is 25.2 Å². The summed E-state index contributed by atoms with van der Waals surface area (Å²) in [6, 6.07) is 8.36. The summed E-state index contributed by atoms with van der Waals surface area (Å²) in [4.78, 5) is 15.2. The minimum atomic E-state index is 0.0318. The molecule has 0 N–H and O–H groups in total. The summed E-state index contributed by atoms with van der Waals surface area (Å²) < 4.78 is 2.94. The summed E-state index contributed by atoms with van der Waals surface area (Å²) in [6.45, 7) is 10.3. The first-order chi connectivity index (χ1) is 11.9. The Morgan fingerprint density at radius 2 is 1.80 bits per heavy atom. The van der Waals surface area contributed by atoms with Crippen LogP contribution < -0.4 is 0 Å². The lowest BCUT2D eigenvalue weighted by molar-refractivity contribution is -0.122. The Balaban J connectivity index is 1.99. The average Bonchev–Trinajstić information content (AvgIpc) is 3.00. The molecule has 5 heteroatoms. The van der Waals surface area contributed by atoms with Crippen LogP contribution in [-0.2, 0) is 11.3 Å². The van der Waals surface area contributed by atoms with E-state index < -0.39 is 0 Å². The molecule has 0 aliphatic carbocycles. The number of carbonyl (C=O) groups excluding carboxylic acids is 1. The summed E-state index contributed by atoms with van der Waals surface area (Å²) in [6.07, 6.45) is 4.15. The summed E-state index contributed by atoms with van der Waals surface area (Å²) in [5.74, 6) is 0.993. The first-order valence-corrected chi connectivity index (χ1v) is 9.92. The van der Waals surface area contributed by atoms with Crippen molar-refractivity contribution in [3.05, 3.63) is 40.9 Å². The Kier molecular flexibility index (Phi) is 5.35. The Labute approximate surface area is 159 Å². The number of nitrogens with zero attached hydrogens (tertiary/aromatic N) is 2. The van der Waals surface area contributed by atoms with E-state index in [-0.39, 0.29) is 5.91 Å². The van der Waals surface area contributed by atoms with E-state index >= 15 is 0 Å². The Hall–Kier alpha value is -1.59. The van der Waals surface area contributed by atoms with Crippen LogP contribution in [0.25, 0.3) is 17.0 Å². The Bertz CT molecular complexity index is 848. The first kappa shape index (κ1) is 18.2. The van der Waals surface area contributed by atoms with E-state index in [0.29, 0.717) is 22.7 Å². The van der Waals surface area contributed by atoms with Crippen molar-refractivity contribution in [1.29, 1.82) is 0 Å². The summed E-state index contributed by atoms with van der Waals surface area (Å²) in [7, 11) is 0. The van der Waals surface area contributed by atoms with Gasteiger partial charge in [0.25, 0.3) is 5.91 Å². The Morgan fingerprint density at radius 1 is 1.12 bits per heavy atom. The second-order valence-electron chi connectivity index (χ2n) is 7.33. The number of amides is 1. The predicted molar refractivity (Wildman–Crippen MR) is 111 cm³/mol. The zero-order valence-electron chi connectivity index (χ0n) is 15.2. The highest BCUT2D eigenvalue weighted by Crippen LogP contribution is 2.34. The molecule has 0 saturated carbocycles. The molecule has 0 spiro atoms. The summed E-state index contributed by atoms with van der Waals surface area (Å²) >= 11 is 6.82. The van der Waals surface area contributed by atoms with E-state index in [1.807, 2.05) is 12.1 Å². The number of para-hydroxylation sites is 1. The molecule has 1 amide bonds. The standard InChI is InChI=1S/C20H24N2OS2/c1-13(2)10-21-12-15(16-7-5-6-8-17(16)21)9-18-19(23)22(11-14(3)4)20(24)25-18/h5-9,12-14H,10-11H2,1-4H3/b18-9-. The molecular formula is C20H24N2OS2. The molecule has 1 fully saturated rings. The summed E-state index contributed by atoms with van der Waals surface area (Å²) in [5, 5.41) is 1.18. The van der Waals surface area contributed by atoms with Crippen molar-refractivity contribution < 1.29 is 4.79 Å². The molecule has 25 heavy (non-hydrogen) atoms. The van der Waals surface area contributed by atoms with Crippen LogP contribution in [-0.4, -0.2) is 26.2 Å². The van der Waals surface area contributed by atoms with E-state index in [1.54, 1.807) is 4.90 Å². The van der Waals surface area contributed by atoms with Crippen molar-refractivity contribution in [2.24, 2.45) is 11.8 Å². The quantitative estimate of drug-likeness (QED) is 0.536. The molecule has 1 aromatic heterocycles. The lowest BCUT2D eigenvalue weighted by atomic mass is 10.1. The highest BCUT2D eigenvalue weighted by Gasteiger charge is 2.32. The number of fused-ring (bicyclic) bond motifs is 1. The number of thiocarbonyl (C=S) groups is 1. The van der Waals surface area contributed by atoms with Gasteiger partial charge in [-0.05, 0) is 24.0 Å². The third-order valence-electron chi connectivity index (χ3n) is 4.09. The van der Waals surface area contributed by atoms with Crippen LogP contribution in [0.2, 0.25) is 0 Å². The molecule has 132 valence electrons. The number of carbonyl (C=O) groups is 1. The van der Waals surface area contributed by atoms with Crippen LogP contribution in [0.15, 0.2) is 35.4 Å². The van der Waals surface area contributed by atoms with Crippen LogP contribution in [0.4, 0.5) is 0 Å². The maximum absolute atomic E-state index is 12.7. The fraction of sp³-hybridized carbons (Fsp3) is 0.400. The zero-order chi connectivity index (χ0) is 18.1. The van der Waals surface area contributed by atoms with Gasteiger partial charge in [0, 0.05) is 35.8 Å². The molecule has 3 nitrogen and oxygen atoms in total. The monoisotopic (exact) mass is 372 g/mol. The van der Waals surface area contributed by atoms with Crippen LogP contribution in [0.1, 0.15) is 33.3 Å². The SMILES string of the molecule is CC(C)CN1C(=O)/C(=C/c2cn(CC(C)C)c3ccccc23)SC1=S. The largest absolute Gasteiger partial charge is 0.347 e. The molecule has 2 heterocycles. The fourth-order valence-corrected chi connectivity index (χ4v) is 4.36. The molecule has 0 atom stereocenters. The van der Waals surface area contributed by atoms with Gasteiger partial charge in [0.05, 0.1) is 4.91 Å². The molecular weight excluding hydrogens is 348 g/mol. The van der Waals surface area contributed by atoms with Crippen molar-refractivity contribution in [3.8, 4) is 0 Å². The molecule has 1 aliphatic heterocycles. The normalized spacial score (nSPS) is 17.0. The predicted octanol–water partition coefficient (Wildman–Crippen LogP) is 5.15. The minimum absolute atomic E-state index is 0.0318. The molecule has 2 aromatic rings. The fourth-order valence-electron chi connectivity index (χ4n) is 3.10. The maximum atomic E-state index is 12.7. The van der Waals surface area contributed by atoms with E-state index in [2.05, 4.69) is 56.7 Å². The van der Waals surface area contributed by atoms with Gasteiger partial charge < -0.3 is 4.57 Å². The summed E-state index contributed by atoms with van der Waals surface area (Å²) in [5.41, 5.74) is 2.29. The van der Waals surface area contributed by atoms with Crippen molar-refractivity contribution in [2.45, 2.75) is 34.2 Å². The molecule has 0 unspecified atom stereocenters. The molecule has 1 saturated heterocycles. The second-order valence-corrected chi connectivity index (χ2v) is 9.01. The molecule has 0 bridgehead atoms. The van der Waals surface area contributed by atoms with E-state index in [9.17, 15) is 4.79 Å². The van der Waals surface area contributed by atoms with E-state index in [4.69, 9.17) is 12.2 Å². The van der Waals surface area contributed by atoms with Gasteiger partial charge in [-0.2, -0.15) is 0 Å². The van der Waals surface area contributed by atoms with Gasteiger partial charge in [-0.3, -0.25) is 9.69 Å². The second kappa shape index (κ2) is 7.34. The van der Waals surface area contributed by atoms with Crippen LogP contribution >= 0.6 is 24.0 Å². The first-order valence-electron chi connectivity index (χ1n) is 8.70. The van der Waals surface area contributed by atoms with Gasteiger partial charge in [-0.15, -0.1) is 0 Å². The number of aromatic nitrogens is 1. The number of thioether (sulfide) groups is 1. The highest BCUT2D eigenvalue weighted by atomic mass is 32.2. The van der Waals surface area contributed by atoms with Gasteiger partial charge in [0.1, 0.15) is 4.32 Å². The maximum Gasteiger partial charge on any atom is 0.266 e. The van der Waals surface area contributed by atoms with Gasteiger partial charge in [-0.1, -0.05) is 69.9 Å². The van der Waals surface area contributed by atoms with Crippen molar-refractivity contribution in [3.63, 3.8) is 0 Å². The van der Waals surface area contributed by atoms with Gasteiger partial charge in [0.2, 0.25) is 0 Å². The van der Waals surface area contributed by atoms with Crippen LogP contribution in [0.3, 0.4) is 0 Å². The van der Waals surface area contributed by atoms with Crippen molar-refractivity contribution >= 4 is 51.2 Å². The van der Waals surface area contributed by atoms with Gasteiger partial charge in [-0.25, -0.2) is 0 Å². The molecule has 0 radical (unpaired) electrons. The number of benzene rings is 1. The third kappa shape index (κ3) is 3.82. The molecule has 1 aromatic carbocycles. The number of rotatable bonds is 5. The van der Waals surface area contributed by atoms with Crippen molar-refractivity contribution in [1.82, 2.24) is 9.47 Å². The van der Waals surface area contributed by atoms with Crippen LogP contribution in [0, 0.1) is 11.8 Å². The lowest BCUT2D eigenvalue weighted by Crippen LogP contribution is -2.31. The van der Waals surface area contributed by atoms with Crippen LogP contribution in [0.5, 0.6) is 0 Å². The Morgan fingerprint density at radius 3 is 2.48 bits per heavy atom. The number of hydrogen-bond donors (Lipinski definition) is 0. The van der Waals surface area contributed by atoms with Gasteiger partial charge in [0.15, 0.2) is 0 Å². The van der Waals surface area contributed by atoms with E-state index in [0.717, 1.165) is 17.0 Å². The lowest BCUT2D eigenvalue weighted by Gasteiger charge is -2.16. The zero-order valence-corrected chi connectivity index (χ0v) is 16.8. The van der Waals surface area contributed by atoms with Crippen molar-refractivity contribution in [2.75, 3.05) is 6.54 Å². The minimum Gasteiger partial charge on any atom is -0.347 e. The smallest absolute Gasteiger partial charge is 0.266 e. The highest BCUT2D eigenvalue weighted by molar-refractivity contribution is 8.26. The van der Waals surface area contributed by atoms with E-state index in [1.165, 1.54) is 22.7 Å². The van der Waals surface area contributed by atoms with Gasteiger partial charge >= 0.3 is 0 Å². The third-order valence-corrected chi connectivity index (χ3v) is 5.47. The molecule has 3 rings (SSSR count). The average molecular weight is 373 g/mol.